The number of aliphatic carboxylic acids is 1. The van der Waals surface area contributed by atoms with E-state index in [1.807, 2.05) is 0 Å². The molecule has 2 heterocycles. The van der Waals surface area contributed by atoms with Crippen molar-refractivity contribution in [1.82, 2.24) is 4.90 Å². The van der Waals surface area contributed by atoms with Crippen LogP contribution in [-0.2, 0) is 4.79 Å². The van der Waals surface area contributed by atoms with E-state index in [1.165, 1.54) is 23.8 Å². The van der Waals surface area contributed by atoms with Crippen molar-refractivity contribution in [3.63, 3.8) is 0 Å². The van der Waals surface area contributed by atoms with Crippen molar-refractivity contribution in [1.29, 1.82) is 0 Å². The van der Waals surface area contributed by atoms with Gasteiger partial charge in [0.1, 0.15) is 5.97 Å². The van der Waals surface area contributed by atoms with Gasteiger partial charge in [0.25, 0.3) is 11.7 Å². The van der Waals surface area contributed by atoms with Crippen molar-refractivity contribution in [2.45, 2.75) is 31.2 Å². The van der Waals surface area contributed by atoms with Crippen LogP contribution < -0.4 is 10.0 Å². The van der Waals surface area contributed by atoms with Crippen LogP contribution in [0.4, 0.5) is 26.3 Å². The van der Waals surface area contributed by atoms with Crippen molar-refractivity contribution < 1.29 is 50.7 Å². The molecule has 0 unspecified atom stereocenters. The smallest absolute Gasteiger partial charge is 0.455 e. The van der Waals surface area contributed by atoms with E-state index in [2.05, 4.69) is 0 Å². The maximum Gasteiger partial charge on any atom is 0.455 e. The molecule has 0 aromatic carbocycles. The number of piperazine rings is 1. The summed E-state index contributed by atoms with van der Waals surface area (Å²) in [6, 6.07) is 3.13. The summed E-state index contributed by atoms with van der Waals surface area (Å²) >= 11 is 0.622. The van der Waals surface area contributed by atoms with Gasteiger partial charge in [0.2, 0.25) is 0 Å². The molecular weight excluding hydrogens is 430 g/mol. The Hall–Kier alpha value is -2.15. The van der Waals surface area contributed by atoms with Gasteiger partial charge in [0.05, 0.1) is 42.0 Å². The molecule has 1 saturated heterocycles. The summed E-state index contributed by atoms with van der Waals surface area (Å²) in [7, 11) is 0. The highest BCUT2D eigenvalue weighted by molar-refractivity contribution is 7.16. The zero-order valence-corrected chi connectivity index (χ0v) is 15.5. The summed E-state index contributed by atoms with van der Waals surface area (Å²) in [5.74, 6) is -5.17. The first-order chi connectivity index (χ1) is 13.3. The topological polar surface area (TPSA) is 81.9 Å². The van der Waals surface area contributed by atoms with Crippen molar-refractivity contribution in [2.24, 2.45) is 0 Å². The second-order valence-electron chi connectivity index (χ2n) is 6.50. The molecule has 162 valence electrons. The third kappa shape index (κ3) is 6.42. The van der Waals surface area contributed by atoms with E-state index in [0.29, 0.717) is 24.4 Å². The summed E-state index contributed by atoms with van der Waals surface area (Å²) in [5.41, 5.74) is 0. The number of alkyl halides is 6. The quantitative estimate of drug-likeness (QED) is 0.535. The molecule has 2 fully saturated rings. The van der Waals surface area contributed by atoms with Gasteiger partial charge in [-0.3, -0.25) is 9.59 Å². The monoisotopic (exact) mass is 446 g/mol. The Labute approximate surface area is 164 Å². The maximum absolute atomic E-state index is 12.4. The fourth-order valence-corrected chi connectivity index (χ4v) is 3.70. The van der Waals surface area contributed by atoms with Crippen LogP contribution in [0.5, 0.6) is 0 Å². The van der Waals surface area contributed by atoms with Crippen LogP contribution in [0.1, 0.15) is 32.2 Å². The molecule has 1 aliphatic heterocycles. The SMILES string of the molecule is O=C([O-])C(F)(F)F.O=C(c1ccc(C(=O)C(F)(F)F)s1)N1CC[NH+](C2CC2)CC1. The van der Waals surface area contributed by atoms with E-state index in [-0.39, 0.29) is 10.8 Å². The number of thiophene rings is 1. The number of carbonyl (C=O) groups is 3. The number of hydrogen-bond donors (Lipinski definition) is 1. The molecule has 13 heteroatoms. The van der Waals surface area contributed by atoms with Gasteiger partial charge in [-0.15, -0.1) is 11.3 Å². The summed E-state index contributed by atoms with van der Waals surface area (Å²) < 4.78 is 68.7. The molecule has 0 bridgehead atoms. The number of hydrogen-bond acceptors (Lipinski definition) is 5. The van der Waals surface area contributed by atoms with Crippen LogP contribution in [0.2, 0.25) is 0 Å². The number of carbonyl (C=O) groups excluding carboxylic acids is 3. The van der Waals surface area contributed by atoms with Crippen molar-refractivity contribution >= 4 is 29.0 Å². The molecule has 0 spiro atoms. The summed E-state index contributed by atoms with van der Waals surface area (Å²) in [6.45, 7) is 3.00. The van der Waals surface area contributed by atoms with Gasteiger partial charge < -0.3 is 19.7 Å². The van der Waals surface area contributed by atoms with Gasteiger partial charge in [-0.05, 0) is 12.1 Å². The standard InChI is InChI=1S/C14H15F3N2O2S.C2HF3O2/c15-14(16,17)12(20)10-3-4-11(22-10)13(21)19-7-5-18(6-8-19)9-1-2-9;3-2(4,5)1(6)7/h3-4,9H,1-2,5-8H2;(H,6,7). The van der Waals surface area contributed by atoms with Crippen LogP contribution in [0, 0.1) is 0 Å². The lowest BCUT2D eigenvalue weighted by Crippen LogP contribution is -3.16. The second-order valence-corrected chi connectivity index (χ2v) is 7.58. The predicted octanol–water partition coefficient (Wildman–Crippen LogP) is 0.295. The van der Waals surface area contributed by atoms with Gasteiger partial charge in [-0.2, -0.15) is 26.3 Å². The molecule has 1 aromatic rings. The highest BCUT2D eigenvalue weighted by Gasteiger charge is 2.41. The third-order valence-electron chi connectivity index (χ3n) is 4.38. The molecule has 1 amide bonds. The van der Waals surface area contributed by atoms with E-state index in [0.717, 1.165) is 25.2 Å². The van der Waals surface area contributed by atoms with Crippen LogP contribution in [0.3, 0.4) is 0 Å². The number of carboxylic acids is 1. The van der Waals surface area contributed by atoms with Crippen molar-refractivity contribution in [3.05, 3.63) is 21.9 Å². The van der Waals surface area contributed by atoms with Gasteiger partial charge in [0.15, 0.2) is 0 Å². The maximum atomic E-state index is 12.4. The average molecular weight is 446 g/mol. The number of quaternary nitrogens is 1. The Bertz CT molecular complexity index is 764. The molecule has 1 aromatic heterocycles. The first kappa shape index (κ1) is 23.1. The highest BCUT2D eigenvalue weighted by Crippen LogP contribution is 2.27. The first-order valence-corrected chi connectivity index (χ1v) is 9.25. The summed E-state index contributed by atoms with van der Waals surface area (Å²) in [6.07, 6.45) is -7.60. The van der Waals surface area contributed by atoms with E-state index >= 15 is 0 Å². The average Bonchev–Trinajstić information content (AvgIpc) is 3.36. The van der Waals surface area contributed by atoms with Gasteiger partial charge >= 0.3 is 12.4 Å². The minimum Gasteiger partial charge on any atom is -0.542 e. The molecule has 3 rings (SSSR count). The lowest BCUT2D eigenvalue weighted by molar-refractivity contribution is -0.915. The van der Waals surface area contributed by atoms with Crippen LogP contribution >= 0.6 is 11.3 Å². The van der Waals surface area contributed by atoms with Gasteiger partial charge in [-0.1, -0.05) is 0 Å². The normalized spacial score (nSPS) is 18.1. The van der Waals surface area contributed by atoms with Crippen LogP contribution in [0.15, 0.2) is 12.1 Å². The van der Waals surface area contributed by atoms with Crippen molar-refractivity contribution in [2.75, 3.05) is 26.2 Å². The number of nitrogens with zero attached hydrogens (tertiary/aromatic N) is 1. The van der Waals surface area contributed by atoms with E-state index in [4.69, 9.17) is 9.90 Å². The number of ketones is 1. The molecule has 0 atom stereocenters. The summed E-state index contributed by atoms with van der Waals surface area (Å²) in [5, 5.41) is 8.78. The molecular formula is C16H16F6N2O4S. The number of rotatable bonds is 3. The molecule has 1 saturated carbocycles. The molecule has 1 aliphatic carbocycles. The number of nitrogens with one attached hydrogen (secondary N) is 1. The van der Waals surface area contributed by atoms with Gasteiger partial charge in [0, 0.05) is 12.8 Å². The first-order valence-electron chi connectivity index (χ1n) is 8.44. The lowest BCUT2D eigenvalue weighted by atomic mass is 10.2. The fourth-order valence-electron chi connectivity index (χ4n) is 2.77. The predicted molar refractivity (Wildman–Crippen MR) is 85.4 cm³/mol. The zero-order chi connectivity index (χ0) is 22.0. The van der Waals surface area contributed by atoms with Crippen molar-refractivity contribution in [3.8, 4) is 0 Å². The molecule has 29 heavy (non-hydrogen) atoms. The minimum absolute atomic E-state index is 0.197. The Morgan fingerprint density at radius 3 is 1.86 bits per heavy atom. The number of amides is 1. The van der Waals surface area contributed by atoms with E-state index in [9.17, 15) is 35.9 Å². The summed E-state index contributed by atoms with van der Waals surface area (Å²) in [4.78, 5) is 35.2. The Kier molecular flexibility index (Phi) is 6.93. The molecule has 0 radical (unpaired) electrons. The minimum atomic E-state index is -5.19. The highest BCUT2D eigenvalue weighted by atomic mass is 32.1. The fraction of sp³-hybridized carbons (Fsp3) is 0.562. The second kappa shape index (κ2) is 8.69. The number of carboxylic acid groups (broad SMARTS) is 1. The van der Waals surface area contributed by atoms with Gasteiger partial charge in [-0.25, -0.2) is 0 Å². The Balaban J connectivity index is 0.000000370. The molecule has 1 N–H and O–H groups in total. The number of halogens is 6. The van der Waals surface area contributed by atoms with Crippen LogP contribution in [0.25, 0.3) is 0 Å². The largest absolute Gasteiger partial charge is 0.542 e. The Morgan fingerprint density at radius 2 is 1.45 bits per heavy atom. The lowest BCUT2D eigenvalue weighted by Gasteiger charge is -2.32. The van der Waals surface area contributed by atoms with E-state index in [1.54, 1.807) is 4.90 Å². The van der Waals surface area contributed by atoms with E-state index < -0.39 is 29.0 Å². The third-order valence-corrected chi connectivity index (χ3v) is 5.45. The number of Topliss-reactive ketones (excluding diaryl/α,β-unsaturated/α-hetero) is 1. The van der Waals surface area contributed by atoms with Crippen LogP contribution in [-0.4, -0.2) is 67.1 Å². The zero-order valence-electron chi connectivity index (χ0n) is 14.7. The molecule has 6 nitrogen and oxygen atoms in total. The Morgan fingerprint density at radius 1 is 0.966 bits per heavy atom. The molecule has 2 aliphatic rings.